The Kier molecular flexibility index (Phi) is 8.08. The van der Waals surface area contributed by atoms with Gasteiger partial charge in [0.05, 0.1) is 11.6 Å². The summed E-state index contributed by atoms with van der Waals surface area (Å²) in [4.78, 5) is 19.8. The molecule has 4 rings (SSSR count). The Morgan fingerprint density at radius 2 is 1.65 bits per heavy atom. The summed E-state index contributed by atoms with van der Waals surface area (Å²) in [7, 11) is 0. The maximum atomic E-state index is 13.0. The third-order valence-electron chi connectivity index (χ3n) is 7.30. The minimum atomic E-state index is 0.0565. The third-order valence-corrected chi connectivity index (χ3v) is 7.30. The van der Waals surface area contributed by atoms with Crippen LogP contribution in [0, 0.1) is 17.2 Å². The summed E-state index contributed by atoms with van der Waals surface area (Å²) in [5.74, 6) is 0.690. The van der Waals surface area contributed by atoms with Crippen LogP contribution in [0.5, 0.6) is 0 Å². The fraction of sp³-hybridized carbons (Fsp3) is 0.500. The highest BCUT2D eigenvalue weighted by Crippen LogP contribution is 2.24. The van der Waals surface area contributed by atoms with Crippen LogP contribution in [0.1, 0.15) is 44.2 Å². The van der Waals surface area contributed by atoms with Crippen molar-refractivity contribution in [3.63, 3.8) is 0 Å². The van der Waals surface area contributed by atoms with Gasteiger partial charge in [0.25, 0.3) is 0 Å². The molecule has 34 heavy (non-hydrogen) atoms. The number of nitriles is 1. The number of piperidine rings is 1. The van der Waals surface area contributed by atoms with E-state index in [1.807, 2.05) is 29.2 Å². The van der Waals surface area contributed by atoms with Gasteiger partial charge in [0, 0.05) is 44.0 Å². The van der Waals surface area contributed by atoms with Gasteiger partial charge in [-0.3, -0.25) is 4.90 Å². The van der Waals surface area contributed by atoms with E-state index in [1.165, 1.54) is 18.4 Å². The first-order valence-electron chi connectivity index (χ1n) is 12.6. The molecule has 2 atom stereocenters. The Morgan fingerprint density at radius 1 is 1.00 bits per heavy atom. The molecule has 6 heteroatoms. The molecule has 2 unspecified atom stereocenters. The van der Waals surface area contributed by atoms with Gasteiger partial charge in [0.2, 0.25) is 0 Å². The number of benzene rings is 2. The second kappa shape index (κ2) is 11.4. The largest absolute Gasteiger partial charge is 0.367 e. The zero-order valence-corrected chi connectivity index (χ0v) is 20.5. The number of hydrogen-bond acceptors (Lipinski definition) is 4. The average molecular weight is 460 g/mol. The molecule has 2 fully saturated rings. The molecular weight excluding hydrogens is 422 g/mol. The number of carbonyl (C=O) groups excluding carboxylic acids is 1. The summed E-state index contributed by atoms with van der Waals surface area (Å²) in [5.41, 5.74) is 3.16. The summed E-state index contributed by atoms with van der Waals surface area (Å²) in [6, 6.07) is 20.9. The quantitative estimate of drug-likeness (QED) is 0.692. The fourth-order valence-corrected chi connectivity index (χ4v) is 5.43. The molecule has 2 saturated heterocycles. The number of rotatable bonds is 6. The van der Waals surface area contributed by atoms with Crippen molar-refractivity contribution < 1.29 is 4.79 Å². The lowest BCUT2D eigenvalue weighted by Gasteiger charge is -2.45. The van der Waals surface area contributed by atoms with Crippen LogP contribution in [0.15, 0.2) is 54.6 Å². The van der Waals surface area contributed by atoms with Gasteiger partial charge in [0.1, 0.15) is 0 Å². The van der Waals surface area contributed by atoms with E-state index in [1.54, 1.807) is 0 Å². The topological polar surface area (TPSA) is 62.6 Å². The van der Waals surface area contributed by atoms with Crippen LogP contribution in [0.2, 0.25) is 0 Å². The van der Waals surface area contributed by atoms with Gasteiger partial charge in [-0.05, 0) is 81.9 Å². The lowest BCUT2D eigenvalue weighted by molar-refractivity contribution is 0.139. The van der Waals surface area contributed by atoms with Crippen molar-refractivity contribution in [3.05, 3.63) is 65.7 Å². The molecule has 0 aliphatic carbocycles. The third kappa shape index (κ3) is 6.09. The second-order valence-corrected chi connectivity index (χ2v) is 9.89. The Labute approximate surface area is 204 Å². The van der Waals surface area contributed by atoms with Crippen molar-refractivity contribution in [1.29, 1.82) is 5.26 Å². The summed E-state index contributed by atoms with van der Waals surface area (Å²) < 4.78 is 0. The molecule has 2 heterocycles. The van der Waals surface area contributed by atoms with Crippen LogP contribution < -0.4 is 10.2 Å². The Hall–Kier alpha value is -3.04. The molecule has 6 nitrogen and oxygen atoms in total. The minimum absolute atomic E-state index is 0.0565. The lowest BCUT2D eigenvalue weighted by atomic mass is 9.93. The van der Waals surface area contributed by atoms with E-state index in [4.69, 9.17) is 5.26 Å². The van der Waals surface area contributed by atoms with Crippen molar-refractivity contribution in [2.75, 3.05) is 37.6 Å². The van der Waals surface area contributed by atoms with Crippen LogP contribution in [-0.4, -0.2) is 60.6 Å². The standard InChI is InChI=1S/C28H37N5O/c1-22-19-32(27-10-8-25(18-29)9-11-27)20-23(2)33(22)28(34)30-15-12-24-13-16-31(17-14-24)21-26-6-4-3-5-7-26/h3-11,22-24H,12-17,19-21H2,1-2H3,(H,30,34). The zero-order valence-electron chi connectivity index (χ0n) is 20.5. The zero-order chi connectivity index (χ0) is 23.9. The van der Waals surface area contributed by atoms with Gasteiger partial charge in [-0.1, -0.05) is 30.3 Å². The van der Waals surface area contributed by atoms with E-state index in [-0.39, 0.29) is 18.1 Å². The molecule has 2 aromatic rings. The number of anilines is 1. The molecule has 2 aliphatic rings. The van der Waals surface area contributed by atoms with Gasteiger partial charge < -0.3 is 15.1 Å². The van der Waals surface area contributed by atoms with Crippen LogP contribution in [0.4, 0.5) is 10.5 Å². The summed E-state index contributed by atoms with van der Waals surface area (Å²) >= 11 is 0. The van der Waals surface area contributed by atoms with Crippen molar-refractivity contribution in [2.24, 2.45) is 5.92 Å². The fourth-order valence-electron chi connectivity index (χ4n) is 5.43. The van der Waals surface area contributed by atoms with Crippen LogP contribution >= 0.6 is 0 Å². The van der Waals surface area contributed by atoms with Gasteiger partial charge in [-0.15, -0.1) is 0 Å². The number of piperazine rings is 1. The molecule has 2 aromatic carbocycles. The Balaban J connectivity index is 1.19. The molecule has 0 saturated carbocycles. The Bertz CT molecular complexity index is 951. The molecule has 0 spiro atoms. The van der Waals surface area contributed by atoms with Crippen LogP contribution in [0.25, 0.3) is 0 Å². The van der Waals surface area contributed by atoms with Crippen molar-refractivity contribution in [3.8, 4) is 6.07 Å². The molecule has 180 valence electrons. The van der Waals surface area contributed by atoms with Crippen molar-refractivity contribution in [1.82, 2.24) is 15.1 Å². The minimum Gasteiger partial charge on any atom is -0.367 e. The van der Waals surface area contributed by atoms with Crippen molar-refractivity contribution >= 4 is 11.7 Å². The van der Waals surface area contributed by atoms with Crippen molar-refractivity contribution in [2.45, 2.75) is 51.7 Å². The van der Waals surface area contributed by atoms with Crippen LogP contribution in [0.3, 0.4) is 0 Å². The highest BCUT2D eigenvalue weighted by Gasteiger charge is 2.33. The van der Waals surface area contributed by atoms with E-state index in [9.17, 15) is 4.79 Å². The van der Waals surface area contributed by atoms with E-state index >= 15 is 0 Å². The number of nitrogens with one attached hydrogen (secondary N) is 1. The maximum Gasteiger partial charge on any atom is 0.318 e. The monoisotopic (exact) mass is 459 g/mol. The van der Waals surface area contributed by atoms with E-state index in [0.29, 0.717) is 11.5 Å². The predicted molar refractivity (Wildman–Crippen MR) is 137 cm³/mol. The first kappa shape index (κ1) is 24.1. The van der Waals surface area contributed by atoms with Gasteiger partial charge in [0.15, 0.2) is 0 Å². The molecule has 0 aromatic heterocycles. The van der Waals surface area contributed by atoms with E-state index in [2.05, 4.69) is 65.4 Å². The first-order valence-corrected chi connectivity index (χ1v) is 12.6. The van der Waals surface area contributed by atoms with Gasteiger partial charge in [-0.25, -0.2) is 4.79 Å². The Morgan fingerprint density at radius 3 is 2.26 bits per heavy atom. The number of amides is 2. The number of urea groups is 1. The van der Waals surface area contributed by atoms with E-state index in [0.717, 1.165) is 51.4 Å². The molecule has 2 amide bonds. The number of carbonyl (C=O) groups is 1. The number of hydrogen-bond donors (Lipinski definition) is 1. The summed E-state index contributed by atoms with van der Waals surface area (Å²) in [6.07, 6.45) is 3.47. The van der Waals surface area contributed by atoms with E-state index < -0.39 is 0 Å². The lowest BCUT2D eigenvalue weighted by Crippen LogP contribution is -2.61. The van der Waals surface area contributed by atoms with Gasteiger partial charge in [-0.2, -0.15) is 5.26 Å². The summed E-state index contributed by atoms with van der Waals surface area (Å²) in [5, 5.41) is 12.2. The SMILES string of the molecule is CC1CN(c2ccc(C#N)cc2)CC(C)N1C(=O)NCCC1CCN(Cc2ccccc2)CC1. The normalized spacial score (nSPS) is 21.8. The average Bonchev–Trinajstić information content (AvgIpc) is 2.85. The molecular formula is C28H37N5O. The summed E-state index contributed by atoms with van der Waals surface area (Å²) in [6.45, 7) is 9.89. The predicted octanol–water partition coefficient (Wildman–Crippen LogP) is 4.47. The number of likely N-dealkylation sites (tertiary alicyclic amines) is 1. The molecule has 1 N–H and O–H groups in total. The highest BCUT2D eigenvalue weighted by molar-refractivity contribution is 5.75. The highest BCUT2D eigenvalue weighted by atomic mass is 16.2. The first-order chi connectivity index (χ1) is 16.5. The number of nitrogens with zero attached hydrogens (tertiary/aromatic N) is 4. The van der Waals surface area contributed by atoms with Gasteiger partial charge >= 0.3 is 6.03 Å². The second-order valence-electron chi connectivity index (χ2n) is 9.89. The van der Waals surface area contributed by atoms with Crippen LogP contribution in [-0.2, 0) is 6.54 Å². The molecule has 2 aliphatic heterocycles. The molecule has 0 bridgehead atoms. The molecule has 0 radical (unpaired) electrons. The smallest absolute Gasteiger partial charge is 0.318 e. The maximum absolute atomic E-state index is 13.0.